The van der Waals surface area contributed by atoms with Crippen molar-refractivity contribution in [1.29, 1.82) is 0 Å². The number of hydrogen-bond donors (Lipinski definition) is 0. The average molecular weight is 409 g/mol. The maximum Gasteiger partial charge on any atom is 1.00 e. The smallest absolute Gasteiger partial charge is 0.550 e. The van der Waals surface area contributed by atoms with E-state index in [1.54, 1.807) is 0 Å². The van der Waals surface area contributed by atoms with Crippen LogP contribution in [-0.2, 0) is 4.79 Å². The summed E-state index contributed by atoms with van der Waals surface area (Å²) in [5.74, 6) is -0.268. The van der Waals surface area contributed by atoms with Gasteiger partial charge in [0.1, 0.15) is 0 Å². The molecular weight excluding hydrogens is 367 g/mol. The van der Waals surface area contributed by atoms with Gasteiger partial charge in [0.2, 0.25) is 0 Å². The third-order valence-corrected chi connectivity index (χ3v) is 5.73. The Kier molecular flexibility index (Phi) is 19.0. The van der Waals surface area contributed by atoms with Gasteiger partial charge in [-0.2, -0.15) is 0 Å². The molecule has 1 aromatic carbocycles. The monoisotopic (exact) mass is 408 g/mol. The van der Waals surface area contributed by atoms with Crippen LogP contribution in [0.25, 0.3) is 6.08 Å². The Hall–Kier alpha value is -0.570. The first-order valence-electron chi connectivity index (χ1n) is 11.6. The first kappa shape index (κ1) is 28.4. The number of carbonyl (C=O) groups is 1. The molecular formula is C26H41NaO2. The summed E-state index contributed by atoms with van der Waals surface area (Å²) in [4.78, 5) is 10.5. The van der Waals surface area contributed by atoms with Crippen molar-refractivity contribution >= 4 is 12.0 Å². The van der Waals surface area contributed by atoms with E-state index in [0.29, 0.717) is 5.92 Å². The Labute approximate surface area is 201 Å². The number of benzene rings is 1. The number of rotatable bonds is 18. The zero-order valence-electron chi connectivity index (χ0n) is 19.1. The second-order valence-electron chi connectivity index (χ2n) is 8.16. The van der Waals surface area contributed by atoms with Crippen molar-refractivity contribution in [3.63, 3.8) is 0 Å². The van der Waals surface area contributed by atoms with Crippen molar-refractivity contribution in [2.45, 2.75) is 109 Å². The van der Waals surface area contributed by atoms with Gasteiger partial charge in [-0.05, 0) is 42.7 Å². The Morgan fingerprint density at radius 3 is 1.83 bits per heavy atom. The van der Waals surface area contributed by atoms with Gasteiger partial charge in [-0.25, -0.2) is 0 Å². The summed E-state index contributed by atoms with van der Waals surface area (Å²) in [6, 6.07) is 8.92. The van der Waals surface area contributed by atoms with Crippen LogP contribution in [0.15, 0.2) is 30.8 Å². The predicted octanol–water partition coefficient (Wildman–Crippen LogP) is 4.04. The largest absolute Gasteiger partial charge is 1.00 e. The predicted molar refractivity (Wildman–Crippen MR) is 119 cm³/mol. The quantitative estimate of drug-likeness (QED) is 0.272. The second-order valence-corrected chi connectivity index (χ2v) is 8.16. The van der Waals surface area contributed by atoms with Crippen molar-refractivity contribution in [2.24, 2.45) is 0 Å². The van der Waals surface area contributed by atoms with Gasteiger partial charge in [0.15, 0.2) is 0 Å². The fraction of sp³-hybridized carbons (Fsp3) is 0.654. The van der Waals surface area contributed by atoms with Crippen LogP contribution in [0.4, 0.5) is 0 Å². The third kappa shape index (κ3) is 15.0. The third-order valence-electron chi connectivity index (χ3n) is 5.73. The van der Waals surface area contributed by atoms with Gasteiger partial charge >= 0.3 is 29.6 Å². The maximum atomic E-state index is 10.5. The summed E-state index contributed by atoms with van der Waals surface area (Å²) in [7, 11) is 0. The van der Waals surface area contributed by atoms with Crippen LogP contribution in [-0.4, -0.2) is 5.97 Å². The number of hydrogen-bond acceptors (Lipinski definition) is 2. The molecule has 0 saturated heterocycles. The van der Waals surface area contributed by atoms with Crippen LogP contribution in [0.1, 0.15) is 120 Å². The molecule has 2 nitrogen and oxygen atoms in total. The Morgan fingerprint density at radius 1 is 0.862 bits per heavy atom. The van der Waals surface area contributed by atoms with Gasteiger partial charge in [0, 0.05) is 5.97 Å². The molecule has 0 aliphatic rings. The van der Waals surface area contributed by atoms with Gasteiger partial charge in [-0.15, -0.1) is 0 Å². The van der Waals surface area contributed by atoms with Crippen molar-refractivity contribution in [1.82, 2.24) is 0 Å². The molecule has 0 heterocycles. The summed E-state index contributed by atoms with van der Waals surface area (Å²) in [5, 5.41) is 10.5. The summed E-state index contributed by atoms with van der Waals surface area (Å²) < 4.78 is 0. The minimum absolute atomic E-state index is 0. The van der Waals surface area contributed by atoms with Gasteiger partial charge in [0.05, 0.1) is 0 Å². The van der Waals surface area contributed by atoms with Crippen molar-refractivity contribution < 1.29 is 39.5 Å². The fourth-order valence-electron chi connectivity index (χ4n) is 3.92. The zero-order chi connectivity index (χ0) is 20.5. The molecule has 0 aromatic heterocycles. The molecule has 0 saturated carbocycles. The zero-order valence-corrected chi connectivity index (χ0v) is 21.1. The van der Waals surface area contributed by atoms with E-state index in [1.807, 2.05) is 6.08 Å². The molecule has 0 fully saturated rings. The molecule has 0 N–H and O–H groups in total. The fourth-order valence-corrected chi connectivity index (χ4v) is 3.92. The van der Waals surface area contributed by atoms with Crippen molar-refractivity contribution in [3.8, 4) is 0 Å². The normalized spacial score (nSPS) is 11.6. The summed E-state index contributed by atoms with van der Waals surface area (Å²) >= 11 is 0. The van der Waals surface area contributed by atoms with Crippen LogP contribution in [0.2, 0.25) is 0 Å². The molecule has 1 unspecified atom stereocenters. The van der Waals surface area contributed by atoms with Crippen LogP contribution >= 0.6 is 0 Å². The van der Waals surface area contributed by atoms with E-state index in [4.69, 9.17) is 0 Å². The van der Waals surface area contributed by atoms with Gasteiger partial charge in [-0.1, -0.05) is 114 Å². The number of carboxylic acid groups (broad SMARTS) is 1. The number of unbranched alkanes of at least 4 members (excludes halogenated alkanes) is 10. The number of carboxylic acids is 1. The molecule has 1 rings (SSSR count). The maximum absolute atomic E-state index is 10.5. The molecule has 0 bridgehead atoms. The molecule has 158 valence electrons. The van der Waals surface area contributed by atoms with E-state index >= 15 is 0 Å². The Morgan fingerprint density at radius 2 is 1.34 bits per heavy atom. The molecule has 0 aliphatic heterocycles. The van der Waals surface area contributed by atoms with E-state index in [-0.39, 0.29) is 36.0 Å². The first-order valence-corrected chi connectivity index (χ1v) is 11.6. The SMILES string of the molecule is C=Cc1ccc(C(CCCCCCCCC)CCCCCCCC(=O)[O-])cc1.[Na+]. The van der Waals surface area contributed by atoms with Crippen LogP contribution in [0.5, 0.6) is 0 Å². The minimum Gasteiger partial charge on any atom is -0.550 e. The van der Waals surface area contributed by atoms with E-state index in [9.17, 15) is 9.90 Å². The number of aliphatic carboxylic acids is 1. The minimum atomic E-state index is -0.919. The standard InChI is InChI=1S/C26H42O2.Na/c1-3-5-6-7-8-10-13-16-24(25-21-19-23(4-2)20-22-25)17-14-11-9-12-15-18-26(27)28;/h4,19-22,24H,2-3,5-18H2,1H3,(H,27,28);/q;+1/p-1. The van der Waals surface area contributed by atoms with Crippen LogP contribution in [0, 0.1) is 0 Å². The molecule has 0 spiro atoms. The Bertz CT molecular complexity index is 524. The summed E-state index contributed by atoms with van der Waals surface area (Å²) in [5.41, 5.74) is 2.65. The Balaban J connectivity index is 0.00000784. The molecule has 0 aliphatic carbocycles. The van der Waals surface area contributed by atoms with E-state index in [1.165, 1.54) is 81.8 Å². The molecule has 0 amide bonds. The summed E-state index contributed by atoms with van der Waals surface area (Å²) in [6.07, 6.45) is 19.5. The van der Waals surface area contributed by atoms with Crippen molar-refractivity contribution in [3.05, 3.63) is 42.0 Å². The van der Waals surface area contributed by atoms with Gasteiger partial charge in [-0.3, -0.25) is 0 Å². The van der Waals surface area contributed by atoms with Crippen LogP contribution in [0.3, 0.4) is 0 Å². The topological polar surface area (TPSA) is 40.1 Å². The van der Waals surface area contributed by atoms with Gasteiger partial charge < -0.3 is 9.90 Å². The average Bonchev–Trinajstić information content (AvgIpc) is 2.70. The van der Waals surface area contributed by atoms with Gasteiger partial charge in [0.25, 0.3) is 0 Å². The molecule has 3 heteroatoms. The van der Waals surface area contributed by atoms with E-state index < -0.39 is 5.97 Å². The van der Waals surface area contributed by atoms with Crippen molar-refractivity contribution in [2.75, 3.05) is 0 Å². The second kappa shape index (κ2) is 19.4. The number of carbonyl (C=O) groups excluding carboxylic acids is 1. The molecule has 0 radical (unpaired) electrons. The molecule has 1 aromatic rings. The summed E-state index contributed by atoms with van der Waals surface area (Å²) in [6.45, 7) is 6.12. The molecule has 1 atom stereocenters. The van der Waals surface area contributed by atoms with E-state index in [0.717, 1.165) is 19.3 Å². The van der Waals surface area contributed by atoms with Crippen LogP contribution < -0.4 is 34.7 Å². The first-order chi connectivity index (χ1) is 13.7. The van der Waals surface area contributed by atoms with E-state index in [2.05, 4.69) is 37.8 Å². The molecule has 29 heavy (non-hydrogen) atoms.